The third kappa shape index (κ3) is 59.8. The van der Waals surface area contributed by atoms with Gasteiger partial charge in [0, 0.05) is 12.8 Å². The molecule has 0 aromatic heterocycles. The number of quaternary nitrogens is 1. The number of nitrogens with zero attached hydrogens (tertiary/aromatic N) is 1. The van der Waals surface area contributed by atoms with Crippen LogP contribution >= 0.6 is 7.82 Å². The zero-order valence-electron chi connectivity index (χ0n) is 53.1. The van der Waals surface area contributed by atoms with Crippen LogP contribution in [0, 0.1) is 0 Å². The van der Waals surface area contributed by atoms with Crippen LogP contribution in [0.4, 0.5) is 0 Å². The molecule has 0 aliphatic carbocycles. The first-order valence-electron chi connectivity index (χ1n) is 33.4. The van der Waals surface area contributed by atoms with Crippen molar-refractivity contribution in [1.29, 1.82) is 0 Å². The maximum absolute atomic E-state index is 13.5. The molecule has 0 aliphatic rings. The molecule has 3 atom stereocenters. The highest BCUT2D eigenvalue weighted by Gasteiger charge is 2.30. The molecule has 9 nitrogen and oxygen atoms in total. The van der Waals surface area contributed by atoms with Crippen molar-refractivity contribution >= 4 is 19.7 Å². The van der Waals surface area contributed by atoms with Crippen molar-refractivity contribution in [2.75, 3.05) is 40.9 Å². The van der Waals surface area contributed by atoms with Crippen LogP contribution in [0.5, 0.6) is 0 Å². The van der Waals surface area contributed by atoms with Crippen molar-refractivity contribution in [3.05, 3.63) is 85.1 Å². The van der Waals surface area contributed by atoms with Gasteiger partial charge in [0.15, 0.2) is 0 Å². The van der Waals surface area contributed by atoms with Crippen molar-refractivity contribution in [3.8, 4) is 0 Å². The number of likely N-dealkylation sites (N-methyl/N-ethyl adjacent to an activating group) is 1. The van der Waals surface area contributed by atoms with Crippen molar-refractivity contribution in [3.63, 3.8) is 0 Å². The van der Waals surface area contributed by atoms with E-state index in [2.05, 4.69) is 99.0 Å². The van der Waals surface area contributed by atoms with E-state index in [-0.39, 0.29) is 31.5 Å². The van der Waals surface area contributed by atoms with Crippen LogP contribution in [-0.4, -0.2) is 74.3 Å². The number of allylic oxidation sites excluding steroid dienone is 13. The Morgan fingerprint density at radius 2 is 0.800 bits per heavy atom. The predicted octanol–water partition coefficient (Wildman–Crippen LogP) is 21.0. The first-order chi connectivity index (χ1) is 38.9. The summed E-state index contributed by atoms with van der Waals surface area (Å²) in [5.74, 6) is -0.518. The minimum Gasteiger partial charge on any atom is -0.456 e. The summed E-state index contributed by atoms with van der Waals surface area (Å²) in [4.78, 5) is 37.8. The monoisotopic (exact) mass is 1140 g/mol. The minimum absolute atomic E-state index is 0.0349. The van der Waals surface area contributed by atoms with Gasteiger partial charge in [-0.15, -0.1) is 0 Å². The molecule has 10 heteroatoms. The molecular formula is C70H128N2O7P+. The van der Waals surface area contributed by atoms with Gasteiger partial charge in [-0.25, -0.2) is 4.57 Å². The van der Waals surface area contributed by atoms with E-state index >= 15 is 0 Å². The van der Waals surface area contributed by atoms with Gasteiger partial charge in [-0.05, 0) is 102 Å². The molecule has 0 aromatic carbocycles. The first kappa shape index (κ1) is 77.2. The Morgan fingerprint density at radius 1 is 0.450 bits per heavy atom. The summed E-state index contributed by atoms with van der Waals surface area (Å²) in [6, 6.07) is -0.858. The summed E-state index contributed by atoms with van der Waals surface area (Å²) in [6.45, 7) is 6.87. The van der Waals surface area contributed by atoms with Gasteiger partial charge in [-0.1, -0.05) is 267 Å². The van der Waals surface area contributed by atoms with Gasteiger partial charge in [-0.2, -0.15) is 0 Å². The fraction of sp³-hybridized carbons (Fsp3) is 0.771. The second-order valence-corrected chi connectivity index (χ2v) is 25.1. The Bertz CT molecular complexity index is 1640. The van der Waals surface area contributed by atoms with Crippen LogP contribution in [-0.2, 0) is 27.9 Å². The molecule has 2 N–H and O–H groups in total. The number of hydrogen-bond donors (Lipinski definition) is 2. The summed E-state index contributed by atoms with van der Waals surface area (Å²) in [5, 5.41) is 3.05. The summed E-state index contributed by atoms with van der Waals surface area (Å²) in [6.07, 6.45) is 78.8. The Morgan fingerprint density at radius 3 is 1.23 bits per heavy atom. The van der Waals surface area contributed by atoms with Crippen LogP contribution in [0.25, 0.3) is 0 Å². The Labute approximate surface area is 495 Å². The Kier molecular flexibility index (Phi) is 57.3. The van der Waals surface area contributed by atoms with Crippen molar-refractivity contribution in [2.24, 2.45) is 0 Å². The summed E-state index contributed by atoms with van der Waals surface area (Å²) >= 11 is 0. The van der Waals surface area contributed by atoms with Crippen molar-refractivity contribution in [2.45, 2.75) is 309 Å². The molecule has 0 bridgehead atoms. The lowest BCUT2D eigenvalue weighted by molar-refractivity contribution is -0.870. The molecule has 0 aromatic rings. The van der Waals surface area contributed by atoms with E-state index in [0.717, 1.165) is 103 Å². The van der Waals surface area contributed by atoms with E-state index < -0.39 is 20.0 Å². The number of phosphoric ester groups is 1. The number of phosphoric acid groups is 1. The molecule has 0 rings (SSSR count). The van der Waals surface area contributed by atoms with Crippen LogP contribution in [0.15, 0.2) is 85.1 Å². The third-order valence-corrected chi connectivity index (χ3v) is 15.6. The number of rotatable bonds is 60. The summed E-state index contributed by atoms with van der Waals surface area (Å²) in [7, 11) is 1.48. The third-order valence-electron chi connectivity index (χ3n) is 14.6. The number of nitrogens with one attached hydrogen (secondary N) is 1. The van der Waals surface area contributed by atoms with E-state index in [9.17, 15) is 19.0 Å². The lowest BCUT2D eigenvalue weighted by Gasteiger charge is -2.27. The highest BCUT2D eigenvalue weighted by Crippen LogP contribution is 2.43. The first-order valence-corrected chi connectivity index (χ1v) is 34.9. The van der Waals surface area contributed by atoms with Gasteiger partial charge in [-0.3, -0.25) is 18.6 Å². The van der Waals surface area contributed by atoms with Crippen LogP contribution < -0.4 is 5.32 Å². The molecule has 0 fully saturated rings. The molecule has 0 aliphatic heterocycles. The molecular weight excluding hydrogens is 1010 g/mol. The average molecular weight is 1140 g/mol. The number of esters is 1. The molecule has 0 radical (unpaired) electrons. The molecule has 0 saturated heterocycles. The van der Waals surface area contributed by atoms with E-state index in [0.29, 0.717) is 17.4 Å². The molecule has 464 valence electrons. The highest BCUT2D eigenvalue weighted by molar-refractivity contribution is 7.47. The zero-order chi connectivity index (χ0) is 58.6. The van der Waals surface area contributed by atoms with Crippen molar-refractivity contribution < 1.29 is 37.3 Å². The molecule has 80 heavy (non-hydrogen) atoms. The number of unbranched alkanes of at least 4 members (excludes halogenated alkanes) is 32. The number of carbonyl (C=O) groups excluding carboxylic acids is 2. The van der Waals surface area contributed by atoms with Gasteiger partial charge < -0.3 is 19.4 Å². The quantitative estimate of drug-likeness (QED) is 0.0205. The van der Waals surface area contributed by atoms with Crippen molar-refractivity contribution in [1.82, 2.24) is 5.32 Å². The second-order valence-electron chi connectivity index (χ2n) is 23.6. The van der Waals surface area contributed by atoms with E-state index in [1.165, 1.54) is 161 Å². The lowest BCUT2D eigenvalue weighted by atomic mass is 10.0. The number of ether oxygens (including phenoxy) is 1. The van der Waals surface area contributed by atoms with E-state index in [1.807, 2.05) is 33.3 Å². The highest BCUT2D eigenvalue weighted by atomic mass is 31.2. The Balaban J connectivity index is 5.03. The van der Waals surface area contributed by atoms with E-state index in [4.69, 9.17) is 13.8 Å². The smallest absolute Gasteiger partial charge is 0.456 e. The van der Waals surface area contributed by atoms with Crippen LogP contribution in [0.3, 0.4) is 0 Å². The largest absolute Gasteiger partial charge is 0.472 e. The average Bonchev–Trinajstić information content (AvgIpc) is 3.43. The van der Waals surface area contributed by atoms with Crippen LogP contribution in [0.1, 0.15) is 297 Å². The van der Waals surface area contributed by atoms with Gasteiger partial charge >= 0.3 is 13.8 Å². The fourth-order valence-corrected chi connectivity index (χ4v) is 10.2. The number of hydrogen-bond acceptors (Lipinski definition) is 6. The molecule has 0 spiro atoms. The van der Waals surface area contributed by atoms with Gasteiger partial charge in [0.2, 0.25) is 5.91 Å². The second kappa shape index (κ2) is 59.4. The topological polar surface area (TPSA) is 111 Å². The lowest BCUT2D eigenvalue weighted by Crippen LogP contribution is -2.47. The number of carbonyl (C=O) groups is 2. The van der Waals surface area contributed by atoms with Crippen LogP contribution in [0.2, 0.25) is 0 Å². The maximum Gasteiger partial charge on any atom is 0.472 e. The molecule has 0 saturated carbocycles. The summed E-state index contributed by atoms with van der Waals surface area (Å²) < 4.78 is 30.7. The van der Waals surface area contributed by atoms with Gasteiger partial charge in [0.05, 0.1) is 33.8 Å². The molecule has 0 heterocycles. The van der Waals surface area contributed by atoms with E-state index in [1.54, 1.807) is 0 Å². The molecule has 3 unspecified atom stereocenters. The Hall–Kier alpha value is -2.81. The predicted molar refractivity (Wildman–Crippen MR) is 346 cm³/mol. The number of amides is 1. The fourth-order valence-electron chi connectivity index (χ4n) is 9.43. The minimum atomic E-state index is -4.46. The normalized spacial score (nSPS) is 14.1. The SMILES string of the molecule is CC/C=C/C/C=C/C/C=C/CCCCCCCCC(=O)NC(COP(=O)(O)OCC[N+](C)(C)C)C(/C=C\CCCCCCCCCCC)OC(=O)CCCCCCCCCCCCCCCC/C=C\C/C=C\C/C=C\CCCCC. The zero-order valence-corrected chi connectivity index (χ0v) is 54.0. The van der Waals surface area contributed by atoms with Gasteiger partial charge in [0.25, 0.3) is 0 Å². The maximum atomic E-state index is 13.5. The molecule has 1 amide bonds. The standard InChI is InChI=1S/C70H127N2O7P/c1-7-10-13-16-19-22-25-27-29-31-32-33-34-35-36-37-38-39-40-41-43-45-48-51-54-57-60-63-70(74)79-68(61-58-55-52-49-46-24-21-18-15-12-9-3)67(66-78-80(75,76)77-65-64-72(4,5)6)71-69(73)62-59-56-53-50-47-44-42-30-28-26-23-20-17-14-11-8-2/h11,14,19-20,22-23,27-30,32-33,58,61,67-68H,7-10,12-13,15-18,21,24-26,31,34-57,59-60,62-66H2,1-6H3,(H-,71,73,75,76)/p+1/b14-11+,22-19-,23-20+,29-27-,30-28+,33-32-,61-58-. The van der Waals surface area contributed by atoms with Gasteiger partial charge in [0.1, 0.15) is 19.3 Å². The summed E-state index contributed by atoms with van der Waals surface area (Å²) in [5.41, 5.74) is 0.